The lowest BCUT2D eigenvalue weighted by Gasteiger charge is -2.18. The van der Waals surface area contributed by atoms with Crippen LogP contribution in [-0.4, -0.2) is 16.0 Å². The maximum Gasteiger partial charge on any atom is 0.189 e. The third-order valence-electron chi connectivity index (χ3n) is 3.57. The fourth-order valence-corrected chi connectivity index (χ4v) is 2.51. The first-order valence-electron chi connectivity index (χ1n) is 6.50. The topological polar surface area (TPSA) is 57.5 Å². The third kappa shape index (κ3) is 2.18. The first-order chi connectivity index (χ1) is 9.65. The molecule has 0 saturated heterocycles. The van der Waals surface area contributed by atoms with Crippen LogP contribution in [0.1, 0.15) is 27.9 Å². The molecule has 3 rings (SSSR count). The second kappa shape index (κ2) is 4.85. The summed E-state index contributed by atoms with van der Waals surface area (Å²) in [6, 6.07) is 11.8. The van der Waals surface area contributed by atoms with Gasteiger partial charge in [0.1, 0.15) is 11.5 Å². The van der Waals surface area contributed by atoms with Crippen molar-refractivity contribution in [2.24, 2.45) is 0 Å². The lowest BCUT2D eigenvalue weighted by Crippen LogP contribution is -2.14. The zero-order valence-corrected chi connectivity index (χ0v) is 10.8. The van der Waals surface area contributed by atoms with Crippen molar-refractivity contribution in [2.75, 3.05) is 0 Å². The maximum absolute atomic E-state index is 12.4. The van der Waals surface area contributed by atoms with Gasteiger partial charge in [-0.3, -0.25) is 4.79 Å². The van der Waals surface area contributed by atoms with Gasteiger partial charge in [0.25, 0.3) is 0 Å². The van der Waals surface area contributed by atoms with Crippen molar-refractivity contribution in [3.8, 4) is 11.5 Å². The second-order valence-corrected chi connectivity index (χ2v) is 4.89. The Morgan fingerprint density at radius 2 is 1.70 bits per heavy atom. The van der Waals surface area contributed by atoms with E-state index in [9.17, 15) is 15.0 Å². The fraction of sp³-hybridized carbons (Fsp3) is 0.118. The molecule has 0 aliphatic heterocycles. The summed E-state index contributed by atoms with van der Waals surface area (Å²) in [5.41, 5.74) is 2.94. The predicted octanol–water partition coefficient (Wildman–Crippen LogP) is 3.31. The van der Waals surface area contributed by atoms with E-state index in [0.29, 0.717) is 18.4 Å². The number of allylic oxidation sites excluding steroid dienone is 1. The average Bonchev–Trinajstić information content (AvgIpc) is 2.45. The minimum Gasteiger partial charge on any atom is -0.508 e. The van der Waals surface area contributed by atoms with Crippen LogP contribution in [0.5, 0.6) is 11.5 Å². The quantitative estimate of drug-likeness (QED) is 0.778. The van der Waals surface area contributed by atoms with Crippen LogP contribution in [0.4, 0.5) is 0 Å². The zero-order valence-electron chi connectivity index (χ0n) is 10.8. The molecule has 0 fully saturated rings. The first kappa shape index (κ1) is 12.5. The number of phenolic OH excluding ortho intramolecular Hbond substituents is 2. The van der Waals surface area contributed by atoms with Gasteiger partial charge in [-0.1, -0.05) is 24.3 Å². The second-order valence-electron chi connectivity index (χ2n) is 4.89. The summed E-state index contributed by atoms with van der Waals surface area (Å²) in [6.07, 6.45) is 3.12. The van der Waals surface area contributed by atoms with Crippen LogP contribution >= 0.6 is 0 Å². The number of hydrogen-bond acceptors (Lipinski definition) is 3. The number of carbonyl (C=O) groups is 1. The van der Waals surface area contributed by atoms with Crippen molar-refractivity contribution in [2.45, 2.75) is 12.8 Å². The summed E-state index contributed by atoms with van der Waals surface area (Å²) in [5, 5.41) is 19.0. The van der Waals surface area contributed by atoms with E-state index in [4.69, 9.17) is 0 Å². The van der Waals surface area contributed by atoms with Crippen molar-refractivity contribution in [3.63, 3.8) is 0 Å². The Hall–Kier alpha value is -2.55. The number of Topliss-reactive ketones (excluding diaryl/α,β-unsaturated/α-hetero) is 1. The molecule has 0 aromatic heterocycles. The van der Waals surface area contributed by atoms with Gasteiger partial charge in [-0.05, 0) is 42.7 Å². The number of aromatic hydroxyl groups is 2. The van der Waals surface area contributed by atoms with E-state index in [1.54, 1.807) is 42.5 Å². The Morgan fingerprint density at radius 1 is 0.950 bits per heavy atom. The smallest absolute Gasteiger partial charge is 0.189 e. The van der Waals surface area contributed by atoms with E-state index in [1.165, 1.54) is 0 Å². The molecule has 1 aliphatic rings. The lowest BCUT2D eigenvalue weighted by atomic mass is 9.85. The summed E-state index contributed by atoms with van der Waals surface area (Å²) in [5.74, 6) is 0.368. The summed E-state index contributed by atoms with van der Waals surface area (Å²) in [6.45, 7) is 0. The number of hydrogen-bond donors (Lipinski definition) is 2. The molecule has 0 saturated carbocycles. The Balaban J connectivity index is 1.98. The van der Waals surface area contributed by atoms with Gasteiger partial charge in [-0.15, -0.1) is 0 Å². The van der Waals surface area contributed by atoms with Crippen molar-refractivity contribution in [1.29, 1.82) is 0 Å². The van der Waals surface area contributed by atoms with E-state index in [2.05, 4.69) is 0 Å². The third-order valence-corrected chi connectivity index (χ3v) is 3.57. The highest BCUT2D eigenvalue weighted by Crippen LogP contribution is 2.32. The number of benzene rings is 2. The molecule has 3 heteroatoms. The van der Waals surface area contributed by atoms with E-state index < -0.39 is 0 Å². The molecule has 0 bridgehead atoms. The van der Waals surface area contributed by atoms with Crippen LogP contribution < -0.4 is 0 Å². The minimum atomic E-state index is -0.0322. The Labute approximate surface area is 116 Å². The van der Waals surface area contributed by atoms with Crippen molar-refractivity contribution in [3.05, 3.63) is 64.7 Å². The molecule has 0 radical (unpaired) electrons. The van der Waals surface area contributed by atoms with Crippen LogP contribution in [0.25, 0.3) is 6.08 Å². The van der Waals surface area contributed by atoms with Crippen molar-refractivity contribution < 1.29 is 15.0 Å². The molecule has 2 aromatic carbocycles. The van der Waals surface area contributed by atoms with Gasteiger partial charge in [0, 0.05) is 16.7 Å². The number of phenols is 2. The predicted molar refractivity (Wildman–Crippen MR) is 76.8 cm³/mol. The van der Waals surface area contributed by atoms with Gasteiger partial charge in [0.05, 0.1) is 0 Å². The zero-order chi connectivity index (χ0) is 14.1. The molecule has 3 nitrogen and oxygen atoms in total. The summed E-state index contributed by atoms with van der Waals surface area (Å²) in [7, 11) is 0. The average molecular weight is 266 g/mol. The number of rotatable bonds is 1. The summed E-state index contributed by atoms with van der Waals surface area (Å²) < 4.78 is 0. The SMILES string of the molecule is O=C1/C(=C/c2ccc(O)cc2)CCc2c(O)cccc21. The number of fused-ring (bicyclic) bond motifs is 1. The Kier molecular flexibility index (Phi) is 3.03. The van der Waals surface area contributed by atoms with Gasteiger partial charge in [-0.2, -0.15) is 0 Å². The van der Waals surface area contributed by atoms with Crippen LogP contribution in [-0.2, 0) is 6.42 Å². The van der Waals surface area contributed by atoms with E-state index >= 15 is 0 Å². The van der Waals surface area contributed by atoms with Gasteiger partial charge >= 0.3 is 0 Å². The van der Waals surface area contributed by atoms with Gasteiger partial charge in [0.2, 0.25) is 0 Å². The number of carbonyl (C=O) groups excluding carboxylic acids is 1. The molecular weight excluding hydrogens is 252 g/mol. The van der Waals surface area contributed by atoms with Gasteiger partial charge in [-0.25, -0.2) is 0 Å². The fourth-order valence-electron chi connectivity index (χ4n) is 2.51. The standard InChI is InChI=1S/C17H14O3/c18-13-7-4-11(5-8-13)10-12-6-9-14-15(17(12)20)2-1-3-16(14)19/h1-5,7-8,10,18-19H,6,9H2/b12-10+. The number of ketones is 1. The summed E-state index contributed by atoms with van der Waals surface area (Å²) in [4.78, 5) is 12.4. The molecule has 0 unspecified atom stereocenters. The molecule has 0 spiro atoms. The lowest BCUT2D eigenvalue weighted by molar-refractivity contribution is 0.102. The minimum absolute atomic E-state index is 0.0322. The van der Waals surface area contributed by atoms with Gasteiger partial charge in [0.15, 0.2) is 5.78 Å². The van der Waals surface area contributed by atoms with Crippen LogP contribution in [0.3, 0.4) is 0 Å². The highest BCUT2D eigenvalue weighted by atomic mass is 16.3. The molecule has 2 N–H and O–H groups in total. The van der Waals surface area contributed by atoms with Gasteiger partial charge < -0.3 is 10.2 Å². The van der Waals surface area contributed by atoms with Crippen molar-refractivity contribution >= 4 is 11.9 Å². The Morgan fingerprint density at radius 3 is 2.45 bits per heavy atom. The molecule has 100 valence electrons. The van der Waals surface area contributed by atoms with Crippen LogP contribution in [0.2, 0.25) is 0 Å². The maximum atomic E-state index is 12.4. The van der Waals surface area contributed by atoms with E-state index in [0.717, 1.165) is 16.7 Å². The monoisotopic (exact) mass is 266 g/mol. The highest BCUT2D eigenvalue weighted by molar-refractivity contribution is 6.13. The van der Waals surface area contributed by atoms with Crippen LogP contribution in [0, 0.1) is 0 Å². The first-order valence-corrected chi connectivity index (χ1v) is 6.50. The molecule has 2 aromatic rings. The highest BCUT2D eigenvalue weighted by Gasteiger charge is 2.23. The molecule has 20 heavy (non-hydrogen) atoms. The van der Waals surface area contributed by atoms with E-state index in [1.807, 2.05) is 6.08 Å². The molecule has 1 aliphatic carbocycles. The van der Waals surface area contributed by atoms with Crippen LogP contribution in [0.15, 0.2) is 48.0 Å². The molecule has 0 heterocycles. The normalized spacial score (nSPS) is 16.2. The molecular formula is C17H14O3. The Bertz CT molecular complexity index is 697. The summed E-state index contributed by atoms with van der Waals surface area (Å²) >= 11 is 0. The van der Waals surface area contributed by atoms with E-state index in [-0.39, 0.29) is 17.3 Å². The van der Waals surface area contributed by atoms with Crippen molar-refractivity contribution in [1.82, 2.24) is 0 Å². The largest absolute Gasteiger partial charge is 0.508 e. The molecule has 0 amide bonds. The molecule has 0 atom stereocenters.